The van der Waals surface area contributed by atoms with Crippen molar-refractivity contribution in [2.75, 3.05) is 63.1 Å². The van der Waals surface area contributed by atoms with Gasteiger partial charge in [0.15, 0.2) is 17.3 Å². The molecule has 0 unspecified atom stereocenters. The Kier molecular flexibility index (Phi) is 6.86. The van der Waals surface area contributed by atoms with Crippen molar-refractivity contribution >= 4 is 28.6 Å². The Balaban J connectivity index is 1.36. The van der Waals surface area contributed by atoms with Crippen LogP contribution in [0.1, 0.15) is 39.2 Å². The van der Waals surface area contributed by atoms with Gasteiger partial charge in [-0.25, -0.2) is 15.0 Å². The highest BCUT2D eigenvalue weighted by molar-refractivity contribution is 5.85. The van der Waals surface area contributed by atoms with E-state index in [0.717, 1.165) is 81.2 Å². The SMILES string of the molecule is CC(C)n1cnc2c(NCCCN3CCCC3=O)nc(-c3ccc(N4CCN(C)CC4)cc3)nc21. The van der Waals surface area contributed by atoms with Crippen LogP contribution in [-0.2, 0) is 4.79 Å². The standard InChI is InChI=1S/C26H36N8O/c1-19(2)34-18-28-23-25(27-11-5-13-33-12-4-6-22(33)35)29-24(30-26(23)34)20-7-9-21(10-8-20)32-16-14-31(3)15-17-32/h7-10,18-19H,4-6,11-17H2,1-3H3,(H,27,29,30). The minimum Gasteiger partial charge on any atom is -0.369 e. The number of likely N-dealkylation sites (tertiary alicyclic amines) is 1. The number of carbonyl (C=O) groups is 1. The summed E-state index contributed by atoms with van der Waals surface area (Å²) in [5, 5.41) is 3.48. The van der Waals surface area contributed by atoms with Crippen molar-refractivity contribution < 1.29 is 4.79 Å². The van der Waals surface area contributed by atoms with Crippen molar-refractivity contribution in [2.24, 2.45) is 0 Å². The van der Waals surface area contributed by atoms with Crippen LogP contribution in [0.15, 0.2) is 30.6 Å². The van der Waals surface area contributed by atoms with Crippen molar-refractivity contribution in [3.63, 3.8) is 0 Å². The molecule has 35 heavy (non-hydrogen) atoms. The van der Waals surface area contributed by atoms with Gasteiger partial charge in [-0.15, -0.1) is 0 Å². The van der Waals surface area contributed by atoms with Gasteiger partial charge >= 0.3 is 0 Å². The lowest BCUT2D eigenvalue weighted by atomic mass is 10.1. The molecule has 1 aromatic carbocycles. The van der Waals surface area contributed by atoms with Crippen LogP contribution in [0.5, 0.6) is 0 Å². The van der Waals surface area contributed by atoms with Crippen molar-refractivity contribution in [3.8, 4) is 11.4 Å². The van der Waals surface area contributed by atoms with E-state index in [0.29, 0.717) is 12.2 Å². The summed E-state index contributed by atoms with van der Waals surface area (Å²) in [4.78, 5) is 33.1. The zero-order chi connectivity index (χ0) is 24.4. The number of hydrogen-bond donors (Lipinski definition) is 1. The molecule has 0 saturated carbocycles. The second kappa shape index (κ2) is 10.2. The maximum atomic E-state index is 11.9. The Hall–Kier alpha value is -3.20. The van der Waals surface area contributed by atoms with E-state index in [4.69, 9.17) is 9.97 Å². The molecule has 186 valence electrons. The average molecular weight is 477 g/mol. The Morgan fingerprint density at radius 2 is 1.80 bits per heavy atom. The molecule has 0 radical (unpaired) electrons. The highest BCUT2D eigenvalue weighted by atomic mass is 16.2. The molecular weight excluding hydrogens is 440 g/mol. The average Bonchev–Trinajstić information content (AvgIpc) is 3.48. The van der Waals surface area contributed by atoms with E-state index in [1.165, 1.54) is 5.69 Å². The van der Waals surface area contributed by atoms with Gasteiger partial charge in [0.05, 0.1) is 6.33 Å². The minimum absolute atomic E-state index is 0.247. The van der Waals surface area contributed by atoms with E-state index in [1.807, 2.05) is 11.2 Å². The normalized spacial score (nSPS) is 17.2. The van der Waals surface area contributed by atoms with Gasteiger partial charge < -0.3 is 24.6 Å². The predicted molar refractivity (Wildman–Crippen MR) is 140 cm³/mol. The van der Waals surface area contributed by atoms with Crippen LogP contribution < -0.4 is 10.2 Å². The number of amides is 1. The molecule has 2 saturated heterocycles. The predicted octanol–water partition coefficient (Wildman–Crippen LogP) is 3.25. The van der Waals surface area contributed by atoms with Gasteiger partial charge in [-0.1, -0.05) is 0 Å². The summed E-state index contributed by atoms with van der Waals surface area (Å²) in [7, 11) is 2.17. The summed E-state index contributed by atoms with van der Waals surface area (Å²) in [5.74, 6) is 1.72. The number of aromatic nitrogens is 4. The molecular formula is C26H36N8O. The third-order valence-electron chi connectivity index (χ3n) is 7.04. The summed E-state index contributed by atoms with van der Waals surface area (Å²) < 4.78 is 2.09. The van der Waals surface area contributed by atoms with Gasteiger partial charge in [0.1, 0.15) is 5.52 Å². The number of piperazine rings is 1. The molecule has 4 heterocycles. The summed E-state index contributed by atoms with van der Waals surface area (Å²) in [6, 6.07) is 8.83. The number of benzene rings is 1. The smallest absolute Gasteiger partial charge is 0.222 e. The summed E-state index contributed by atoms with van der Waals surface area (Å²) >= 11 is 0. The molecule has 2 aromatic heterocycles. The van der Waals surface area contributed by atoms with E-state index in [9.17, 15) is 4.79 Å². The first-order valence-corrected chi connectivity index (χ1v) is 12.8. The first kappa shape index (κ1) is 23.5. The van der Waals surface area contributed by atoms with E-state index < -0.39 is 0 Å². The van der Waals surface area contributed by atoms with Gasteiger partial charge in [-0.2, -0.15) is 0 Å². The fourth-order valence-electron chi connectivity index (χ4n) is 4.85. The third-order valence-corrected chi connectivity index (χ3v) is 7.04. The van der Waals surface area contributed by atoms with E-state index in [2.05, 4.69) is 69.8 Å². The number of anilines is 2. The first-order chi connectivity index (χ1) is 17.0. The lowest BCUT2D eigenvalue weighted by molar-refractivity contribution is -0.127. The second-order valence-electron chi connectivity index (χ2n) is 9.92. The molecule has 0 atom stereocenters. The highest BCUT2D eigenvalue weighted by Crippen LogP contribution is 2.27. The van der Waals surface area contributed by atoms with Gasteiger partial charge in [0.2, 0.25) is 5.91 Å². The van der Waals surface area contributed by atoms with E-state index in [-0.39, 0.29) is 11.9 Å². The second-order valence-corrected chi connectivity index (χ2v) is 9.92. The van der Waals surface area contributed by atoms with Gasteiger partial charge in [-0.3, -0.25) is 4.79 Å². The van der Waals surface area contributed by atoms with Crippen LogP contribution in [0.3, 0.4) is 0 Å². The van der Waals surface area contributed by atoms with E-state index >= 15 is 0 Å². The Morgan fingerprint density at radius 3 is 2.49 bits per heavy atom. The molecule has 0 bridgehead atoms. The molecule has 0 aliphatic carbocycles. The fourth-order valence-corrected chi connectivity index (χ4v) is 4.85. The molecule has 1 amide bonds. The molecule has 0 spiro atoms. The zero-order valence-corrected chi connectivity index (χ0v) is 21.1. The minimum atomic E-state index is 0.247. The Morgan fingerprint density at radius 1 is 1.03 bits per heavy atom. The topological polar surface area (TPSA) is 82.4 Å². The molecule has 1 N–H and O–H groups in total. The fraction of sp³-hybridized carbons (Fsp3) is 0.538. The first-order valence-electron chi connectivity index (χ1n) is 12.8. The Bertz CT molecular complexity index is 1160. The number of nitrogens with one attached hydrogen (secondary N) is 1. The quantitative estimate of drug-likeness (QED) is 0.500. The zero-order valence-electron chi connectivity index (χ0n) is 21.1. The lowest BCUT2D eigenvalue weighted by Gasteiger charge is -2.34. The molecule has 2 aliphatic heterocycles. The highest BCUT2D eigenvalue weighted by Gasteiger charge is 2.20. The van der Waals surface area contributed by atoms with Crippen LogP contribution in [-0.4, -0.2) is 88.1 Å². The maximum absolute atomic E-state index is 11.9. The van der Waals surface area contributed by atoms with Crippen molar-refractivity contribution in [1.82, 2.24) is 29.3 Å². The maximum Gasteiger partial charge on any atom is 0.222 e. The van der Waals surface area contributed by atoms with Crippen LogP contribution in [0.2, 0.25) is 0 Å². The van der Waals surface area contributed by atoms with Gasteiger partial charge in [0.25, 0.3) is 0 Å². The largest absolute Gasteiger partial charge is 0.369 e. The molecule has 9 nitrogen and oxygen atoms in total. The number of likely N-dealkylation sites (N-methyl/N-ethyl adjacent to an activating group) is 1. The number of carbonyl (C=O) groups excluding carboxylic acids is 1. The van der Waals surface area contributed by atoms with Crippen LogP contribution in [0.4, 0.5) is 11.5 Å². The summed E-state index contributed by atoms with van der Waals surface area (Å²) in [5.41, 5.74) is 3.86. The molecule has 2 aliphatic rings. The number of hydrogen-bond acceptors (Lipinski definition) is 7. The van der Waals surface area contributed by atoms with Gasteiger partial charge in [0, 0.05) is 69.5 Å². The monoisotopic (exact) mass is 476 g/mol. The third kappa shape index (κ3) is 5.10. The van der Waals surface area contributed by atoms with Crippen molar-refractivity contribution in [2.45, 2.75) is 39.2 Å². The number of nitrogens with zero attached hydrogens (tertiary/aromatic N) is 7. The van der Waals surface area contributed by atoms with Crippen molar-refractivity contribution in [1.29, 1.82) is 0 Å². The van der Waals surface area contributed by atoms with Crippen LogP contribution in [0, 0.1) is 0 Å². The summed E-state index contributed by atoms with van der Waals surface area (Å²) in [6.45, 7) is 10.9. The van der Waals surface area contributed by atoms with Crippen LogP contribution >= 0.6 is 0 Å². The lowest BCUT2D eigenvalue weighted by Crippen LogP contribution is -2.44. The molecule has 5 rings (SSSR count). The molecule has 2 fully saturated rings. The summed E-state index contributed by atoms with van der Waals surface area (Å²) in [6.07, 6.45) is 4.38. The van der Waals surface area contributed by atoms with Crippen molar-refractivity contribution in [3.05, 3.63) is 30.6 Å². The number of imidazole rings is 1. The molecule has 3 aromatic rings. The van der Waals surface area contributed by atoms with Crippen LogP contribution in [0.25, 0.3) is 22.6 Å². The molecule has 9 heteroatoms. The Labute approximate surface area is 207 Å². The van der Waals surface area contributed by atoms with E-state index in [1.54, 1.807) is 0 Å². The van der Waals surface area contributed by atoms with Gasteiger partial charge in [-0.05, 0) is 58.0 Å². The number of rotatable bonds is 8. The number of fused-ring (bicyclic) bond motifs is 1.